The van der Waals surface area contributed by atoms with E-state index < -0.39 is 18.1 Å². The van der Waals surface area contributed by atoms with Crippen LogP contribution in [-0.2, 0) is 9.59 Å². The molecule has 24 heavy (non-hydrogen) atoms. The monoisotopic (exact) mass is 343 g/mol. The maximum Gasteiger partial charge on any atom is 0.412 e. The van der Waals surface area contributed by atoms with Crippen LogP contribution in [-0.4, -0.2) is 29.0 Å². The van der Waals surface area contributed by atoms with Crippen molar-refractivity contribution in [3.8, 4) is 0 Å². The number of pyridine rings is 1. The molecular formula is C16H20F3N3O2. The van der Waals surface area contributed by atoms with Crippen LogP contribution < -0.4 is 10.6 Å². The van der Waals surface area contributed by atoms with Gasteiger partial charge in [-0.1, -0.05) is 18.9 Å². The van der Waals surface area contributed by atoms with E-state index >= 15 is 0 Å². The molecule has 0 bridgehead atoms. The Hall–Kier alpha value is -2.12. The molecule has 2 rings (SSSR count). The molecule has 0 aliphatic heterocycles. The molecule has 0 aromatic carbocycles. The Morgan fingerprint density at radius 3 is 2.46 bits per heavy atom. The summed E-state index contributed by atoms with van der Waals surface area (Å²) in [5.41, 5.74) is -0.145. The summed E-state index contributed by atoms with van der Waals surface area (Å²) in [5, 5.41) is 4.74. The molecule has 1 heterocycles. The fourth-order valence-electron chi connectivity index (χ4n) is 2.73. The molecule has 1 fully saturated rings. The highest BCUT2D eigenvalue weighted by Crippen LogP contribution is 2.32. The smallest absolute Gasteiger partial charge is 0.353 e. The first kappa shape index (κ1) is 18.2. The molecule has 1 atom stereocenters. The number of alkyl halides is 3. The second-order valence-electron chi connectivity index (χ2n) is 5.88. The van der Waals surface area contributed by atoms with Crippen molar-refractivity contribution in [2.45, 2.75) is 56.8 Å². The third-order valence-electron chi connectivity index (χ3n) is 3.95. The molecule has 2 amide bonds. The fraction of sp³-hybridized carbons (Fsp3) is 0.562. The normalized spacial score (nSPS) is 16.6. The third kappa shape index (κ3) is 5.50. The first-order valence-electron chi connectivity index (χ1n) is 7.91. The molecule has 1 aliphatic carbocycles. The second-order valence-corrected chi connectivity index (χ2v) is 5.88. The first-order valence-corrected chi connectivity index (χ1v) is 7.91. The molecule has 1 aromatic rings. The van der Waals surface area contributed by atoms with Crippen molar-refractivity contribution in [3.63, 3.8) is 0 Å². The molecule has 2 N–H and O–H groups in total. The van der Waals surface area contributed by atoms with E-state index in [1.165, 1.54) is 18.3 Å². The van der Waals surface area contributed by atoms with E-state index in [9.17, 15) is 22.8 Å². The van der Waals surface area contributed by atoms with Crippen LogP contribution >= 0.6 is 0 Å². The fourth-order valence-corrected chi connectivity index (χ4v) is 2.73. The number of halogens is 3. The van der Waals surface area contributed by atoms with Crippen molar-refractivity contribution >= 4 is 11.8 Å². The van der Waals surface area contributed by atoms with Gasteiger partial charge in [-0.15, -0.1) is 0 Å². The van der Waals surface area contributed by atoms with Gasteiger partial charge >= 0.3 is 6.18 Å². The lowest BCUT2D eigenvalue weighted by atomic mass is 10.1. The zero-order valence-corrected chi connectivity index (χ0v) is 13.1. The van der Waals surface area contributed by atoms with E-state index in [1.807, 2.05) is 5.32 Å². The Morgan fingerprint density at radius 1 is 1.21 bits per heavy atom. The van der Waals surface area contributed by atoms with Crippen LogP contribution in [0.2, 0.25) is 0 Å². The van der Waals surface area contributed by atoms with Gasteiger partial charge in [0.2, 0.25) is 11.8 Å². The van der Waals surface area contributed by atoms with Crippen LogP contribution in [0.25, 0.3) is 0 Å². The summed E-state index contributed by atoms with van der Waals surface area (Å²) in [4.78, 5) is 27.2. The van der Waals surface area contributed by atoms with Crippen molar-refractivity contribution in [3.05, 3.63) is 30.1 Å². The maximum atomic E-state index is 13.1. The summed E-state index contributed by atoms with van der Waals surface area (Å²) < 4.78 is 39.3. The molecule has 5 nitrogen and oxygen atoms in total. The Balaban J connectivity index is 1.85. The summed E-state index contributed by atoms with van der Waals surface area (Å²) >= 11 is 0. The van der Waals surface area contributed by atoms with Gasteiger partial charge in [0, 0.05) is 36.8 Å². The number of aromatic nitrogens is 1. The number of carbonyl (C=O) groups excluding carboxylic acids is 2. The Bertz CT molecular complexity index is 557. The van der Waals surface area contributed by atoms with E-state index in [0.717, 1.165) is 31.9 Å². The van der Waals surface area contributed by atoms with Crippen molar-refractivity contribution in [1.82, 2.24) is 15.6 Å². The van der Waals surface area contributed by atoms with Crippen LogP contribution in [0.1, 0.15) is 50.1 Å². The number of hydrogen-bond donors (Lipinski definition) is 2. The van der Waals surface area contributed by atoms with Crippen LogP contribution in [0.5, 0.6) is 0 Å². The quantitative estimate of drug-likeness (QED) is 0.834. The molecule has 0 spiro atoms. The maximum absolute atomic E-state index is 13.1. The molecular weight excluding hydrogens is 323 g/mol. The van der Waals surface area contributed by atoms with E-state index in [4.69, 9.17) is 0 Å². The first-order chi connectivity index (χ1) is 11.4. The average Bonchev–Trinajstić information content (AvgIpc) is 3.03. The van der Waals surface area contributed by atoms with Crippen molar-refractivity contribution in [2.75, 3.05) is 0 Å². The molecule has 1 saturated carbocycles. The minimum absolute atomic E-state index is 0.124. The largest absolute Gasteiger partial charge is 0.412 e. The van der Waals surface area contributed by atoms with Gasteiger partial charge in [-0.3, -0.25) is 14.6 Å². The van der Waals surface area contributed by atoms with Crippen LogP contribution in [0, 0.1) is 0 Å². The van der Waals surface area contributed by atoms with Crippen molar-refractivity contribution < 1.29 is 22.8 Å². The number of nitrogens with one attached hydrogen (secondary N) is 2. The summed E-state index contributed by atoms with van der Waals surface area (Å²) in [7, 11) is 0. The van der Waals surface area contributed by atoms with Gasteiger partial charge in [0.25, 0.3) is 0 Å². The van der Waals surface area contributed by atoms with E-state index in [0.29, 0.717) is 0 Å². The van der Waals surface area contributed by atoms with Gasteiger partial charge in [0.1, 0.15) is 0 Å². The zero-order valence-electron chi connectivity index (χ0n) is 13.1. The predicted molar refractivity (Wildman–Crippen MR) is 80.8 cm³/mol. The highest BCUT2D eigenvalue weighted by Gasteiger charge is 2.42. The Kier molecular flexibility index (Phi) is 6.16. The number of carbonyl (C=O) groups is 2. The van der Waals surface area contributed by atoms with Crippen molar-refractivity contribution in [1.29, 1.82) is 0 Å². The Morgan fingerprint density at radius 2 is 1.88 bits per heavy atom. The standard InChI is InChI=1S/C16H20F3N3O2/c17-16(18,19)15(11-4-3-9-20-10-11)22-14(24)8-7-13(23)21-12-5-1-2-6-12/h3-4,9-10,12,15H,1-2,5-8H2,(H,21,23)(H,22,24). The molecule has 132 valence electrons. The molecule has 1 aliphatic rings. The number of hydrogen-bond acceptors (Lipinski definition) is 3. The van der Waals surface area contributed by atoms with Gasteiger partial charge in [0.05, 0.1) is 0 Å². The van der Waals surface area contributed by atoms with Gasteiger partial charge in [-0.05, 0) is 18.9 Å². The molecule has 0 saturated heterocycles. The molecule has 1 aromatic heterocycles. The van der Waals surface area contributed by atoms with Crippen molar-refractivity contribution in [2.24, 2.45) is 0 Å². The summed E-state index contributed by atoms with van der Waals surface area (Å²) in [5.74, 6) is -1.12. The summed E-state index contributed by atoms with van der Waals surface area (Å²) in [6.45, 7) is 0. The topological polar surface area (TPSA) is 71.1 Å². The van der Waals surface area contributed by atoms with E-state index in [2.05, 4.69) is 10.3 Å². The summed E-state index contributed by atoms with van der Waals surface area (Å²) in [6, 6.07) is 0.614. The van der Waals surface area contributed by atoms with E-state index in [-0.39, 0.29) is 30.4 Å². The molecule has 0 radical (unpaired) electrons. The highest BCUT2D eigenvalue weighted by molar-refractivity contribution is 5.84. The molecule has 1 unspecified atom stereocenters. The number of rotatable bonds is 6. The van der Waals surface area contributed by atoms with E-state index in [1.54, 1.807) is 0 Å². The second kappa shape index (κ2) is 8.12. The minimum Gasteiger partial charge on any atom is -0.353 e. The Labute approximate surface area is 138 Å². The summed E-state index contributed by atoms with van der Waals surface area (Å²) in [6.07, 6.45) is 1.31. The van der Waals surface area contributed by atoms with Gasteiger partial charge in [-0.25, -0.2) is 0 Å². The highest BCUT2D eigenvalue weighted by atomic mass is 19.4. The van der Waals surface area contributed by atoms with Crippen LogP contribution in [0.4, 0.5) is 13.2 Å². The average molecular weight is 343 g/mol. The molecule has 8 heteroatoms. The SMILES string of the molecule is O=C(CCC(=O)NC(c1cccnc1)C(F)(F)F)NC1CCCC1. The van der Waals surface area contributed by atoms with Gasteiger partial charge in [-0.2, -0.15) is 13.2 Å². The lowest BCUT2D eigenvalue weighted by Gasteiger charge is -2.21. The predicted octanol–water partition coefficient (Wildman–Crippen LogP) is 2.64. The van der Waals surface area contributed by atoms with Gasteiger partial charge in [0.15, 0.2) is 6.04 Å². The number of amides is 2. The zero-order chi connectivity index (χ0) is 17.6. The lowest BCUT2D eigenvalue weighted by Crippen LogP contribution is -2.39. The van der Waals surface area contributed by atoms with Crippen LogP contribution in [0.3, 0.4) is 0 Å². The lowest BCUT2D eigenvalue weighted by molar-refractivity contribution is -0.163. The number of nitrogens with zero attached hydrogens (tertiary/aromatic N) is 1. The minimum atomic E-state index is -4.63. The van der Waals surface area contributed by atoms with Gasteiger partial charge < -0.3 is 10.6 Å². The van der Waals surface area contributed by atoms with Crippen LogP contribution in [0.15, 0.2) is 24.5 Å². The third-order valence-corrected chi connectivity index (χ3v) is 3.95.